The molecule has 0 aromatic carbocycles. The molecule has 0 spiro atoms. The van der Waals surface area contributed by atoms with Crippen molar-refractivity contribution < 1.29 is 37.3 Å². The molecule has 0 aromatic rings. The average molecular weight is 810 g/mol. The molecule has 0 rings (SSSR count). The van der Waals surface area contributed by atoms with Gasteiger partial charge < -0.3 is 27.9 Å². The van der Waals surface area contributed by atoms with E-state index >= 15 is 0 Å². The van der Waals surface area contributed by atoms with E-state index in [1.54, 1.807) is 0 Å². The van der Waals surface area contributed by atoms with Gasteiger partial charge in [0.25, 0.3) is 7.82 Å². The molecule has 2 atom stereocenters. The monoisotopic (exact) mass is 810 g/mol. The van der Waals surface area contributed by atoms with Gasteiger partial charge in [0.2, 0.25) is 0 Å². The molecule has 0 heterocycles. The Morgan fingerprint density at radius 2 is 1.04 bits per heavy atom. The largest absolute Gasteiger partial charge is 0.756 e. The number of rotatable bonds is 42. The quantitative estimate of drug-likeness (QED) is 0.0199. The third kappa shape index (κ3) is 43.6. The molecule has 56 heavy (non-hydrogen) atoms. The molecule has 9 heteroatoms. The molecule has 328 valence electrons. The maximum Gasteiger partial charge on any atom is 0.306 e. The molecule has 0 saturated carbocycles. The van der Waals surface area contributed by atoms with Crippen molar-refractivity contribution in [2.24, 2.45) is 0 Å². The van der Waals surface area contributed by atoms with Crippen LogP contribution in [0.3, 0.4) is 0 Å². The van der Waals surface area contributed by atoms with Crippen molar-refractivity contribution in [2.75, 3.05) is 54.1 Å². The van der Waals surface area contributed by atoms with E-state index in [0.29, 0.717) is 24.1 Å². The van der Waals surface area contributed by atoms with Gasteiger partial charge in [0.15, 0.2) is 0 Å². The van der Waals surface area contributed by atoms with Gasteiger partial charge in [0.05, 0.1) is 34.4 Å². The molecule has 0 fully saturated rings. The van der Waals surface area contributed by atoms with Crippen LogP contribution in [0.25, 0.3) is 0 Å². The molecule has 8 nitrogen and oxygen atoms in total. The lowest BCUT2D eigenvalue weighted by molar-refractivity contribution is -0.870. The second-order valence-corrected chi connectivity index (χ2v) is 17.8. The predicted molar refractivity (Wildman–Crippen MR) is 236 cm³/mol. The summed E-state index contributed by atoms with van der Waals surface area (Å²) in [5, 5.41) is 0. The second kappa shape index (κ2) is 40.2. The molecule has 0 radical (unpaired) electrons. The molecule has 0 aliphatic heterocycles. The minimum atomic E-state index is -4.53. The minimum absolute atomic E-state index is 0.0235. The summed E-state index contributed by atoms with van der Waals surface area (Å²) >= 11 is 0. The summed E-state index contributed by atoms with van der Waals surface area (Å²) in [6.45, 7) is 5.28. The van der Waals surface area contributed by atoms with Crippen molar-refractivity contribution in [3.63, 3.8) is 0 Å². The summed E-state index contributed by atoms with van der Waals surface area (Å²) in [6.07, 6.45) is 48.3. The number of carbonyl (C=O) groups is 1. The predicted octanol–water partition coefficient (Wildman–Crippen LogP) is 12.9. The normalized spacial score (nSPS) is 14.2. The van der Waals surface area contributed by atoms with Gasteiger partial charge in [-0.15, -0.1) is 0 Å². The fourth-order valence-corrected chi connectivity index (χ4v) is 6.85. The van der Waals surface area contributed by atoms with Crippen molar-refractivity contribution in [3.8, 4) is 0 Å². The van der Waals surface area contributed by atoms with Gasteiger partial charge in [-0.3, -0.25) is 9.36 Å². The summed E-state index contributed by atoms with van der Waals surface area (Å²) in [5.41, 5.74) is 0. The Morgan fingerprint density at radius 3 is 1.55 bits per heavy atom. The van der Waals surface area contributed by atoms with Gasteiger partial charge in [0, 0.05) is 13.0 Å². The van der Waals surface area contributed by atoms with Crippen LogP contribution >= 0.6 is 7.82 Å². The Kier molecular flexibility index (Phi) is 39.1. The van der Waals surface area contributed by atoms with Crippen LogP contribution < -0.4 is 4.89 Å². The molecular weight excluding hydrogens is 721 g/mol. The maximum atomic E-state index is 12.7. The van der Waals surface area contributed by atoms with Gasteiger partial charge in [-0.2, -0.15) is 0 Å². The number of quaternary nitrogens is 1. The lowest BCUT2D eigenvalue weighted by atomic mass is 10.0. The second-order valence-electron chi connectivity index (χ2n) is 16.4. The molecule has 0 bridgehead atoms. The van der Waals surface area contributed by atoms with E-state index in [9.17, 15) is 14.3 Å². The SMILES string of the molecule is CC/C=C\C/C=C\C/C=C\C/C=C\CCCCCCCCCOCC(COP(=O)([O-])OCC[N+](C)(C)C)OC(=O)CCCCCCCCCCCCCCCC. The van der Waals surface area contributed by atoms with Crippen LogP contribution in [0.1, 0.15) is 187 Å². The van der Waals surface area contributed by atoms with Gasteiger partial charge in [0.1, 0.15) is 19.3 Å². The van der Waals surface area contributed by atoms with E-state index in [-0.39, 0.29) is 25.8 Å². The van der Waals surface area contributed by atoms with Crippen LogP contribution in [0.2, 0.25) is 0 Å². The van der Waals surface area contributed by atoms with Crippen molar-refractivity contribution in [3.05, 3.63) is 48.6 Å². The maximum absolute atomic E-state index is 12.7. The first-order valence-electron chi connectivity index (χ1n) is 22.9. The highest BCUT2D eigenvalue weighted by Crippen LogP contribution is 2.38. The average Bonchev–Trinajstić information content (AvgIpc) is 3.15. The van der Waals surface area contributed by atoms with Crippen molar-refractivity contribution in [2.45, 2.75) is 193 Å². The zero-order chi connectivity index (χ0) is 41.3. The summed E-state index contributed by atoms with van der Waals surface area (Å²) in [4.78, 5) is 25.1. The first kappa shape index (κ1) is 54.5. The summed E-state index contributed by atoms with van der Waals surface area (Å²) < 4.78 is 34.6. The Labute approximate surface area is 346 Å². The van der Waals surface area contributed by atoms with Gasteiger partial charge >= 0.3 is 5.97 Å². The number of allylic oxidation sites excluding steroid dienone is 8. The van der Waals surface area contributed by atoms with Gasteiger partial charge in [-0.1, -0.05) is 178 Å². The van der Waals surface area contributed by atoms with E-state index in [1.165, 1.54) is 96.3 Å². The summed E-state index contributed by atoms with van der Waals surface area (Å²) in [5.74, 6) is -0.338. The standard InChI is InChI=1S/C47H88NO7P/c1-6-8-10-12-14-16-18-20-22-23-24-25-26-27-29-31-33-35-37-39-42-52-44-46(45-54-56(50,51)53-43-41-48(3,4)5)55-47(49)40-38-36-34-32-30-28-21-19-17-15-13-11-9-7-2/h8,10,14,16,20,22,24-25,46H,6-7,9,11-13,15,17-19,21,23,26-45H2,1-5H3/b10-8-,16-14-,22-20-,25-24-. The van der Waals surface area contributed by atoms with Crippen LogP contribution in [0.5, 0.6) is 0 Å². The highest BCUT2D eigenvalue weighted by Gasteiger charge is 2.20. The third-order valence-corrected chi connectivity index (χ3v) is 10.6. The number of likely N-dealkylation sites (N-methyl/N-ethyl adjacent to an activating group) is 1. The fourth-order valence-electron chi connectivity index (χ4n) is 6.13. The number of carbonyl (C=O) groups excluding carboxylic acids is 1. The number of hydrogen-bond donors (Lipinski definition) is 0. The highest BCUT2D eigenvalue weighted by molar-refractivity contribution is 7.45. The van der Waals surface area contributed by atoms with E-state index in [4.69, 9.17) is 18.5 Å². The van der Waals surface area contributed by atoms with E-state index in [0.717, 1.165) is 70.6 Å². The van der Waals surface area contributed by atoms with Crippen LogP contribution in [0, 0.1) is 0 Å². The number of esters is 1. The summed E-state index contributed by atoms with van der Waals surface area (Å²) in [6, 6.07) is 0. The smallest absolute Gasteiger partial charge is 0.306 e. The van der Waals surface area contributed by atoms with E-state index in [2.05, 4.69) is 62.5 Å². The molecule has 0 aliphatic carbocycles. The van der Waals surface area contributed by atoms with E-state index in [1.807, 2.05) is 21.1 Å². The van der Waals surface area contributed by atoms with Crippen molar-refractivity contribution in [1.82, 2.24) is 0 Å². The lowest BCUT2D eigenvalue weighted by Gasteiger charge is -2.28. The zero-order valence-electron chi connectivity index (χ0n) is 37.1. The van der Waals surface area contributed by atoms with Gasteiger partial charge in [-0.05, 0) is 51.4 Å². The number of unbranched alkanes of at least 4 members (excludes halogenated alkanes) is 20. The Bertz CT molecular complexity index is 1040. The molecule has 2 unspecified atom stereocenters. The van der Waals surface area contributed by atoms with Crippen molar-refractivity contribution >= 4 is 13.8 Å². The van der Waals surface area contributed by atoms with Gasteiger partial charge in [-0.25, -0.2) is 0 Å². The number of nitrogens with zero attached hydrogens (tertiary/aromatic N) is 1. The van der Waals surface area contributed by atoms with E-state index < -0.39 is 13.9 Å². The fraction of sp³-hybridized carbons (Fsp3) is 0.809. The number of phosphoric acid groups is 1. The van der Waals surface area contributed by atoms with Crippen LogP contribution in [-0.4, -0.2) is 70.7 Å². The minimum Gasteiger partial charge on any atom is -0.756 e. The third-order valence-electron chi connectivity index (χ3n) is 9.64. The van der Waals surface area contributed by atoms with Crippen molar-refractivity contribution in [1.29, 1.82) is 0 Å². The number of phosphoric ester groups is 1. The molecule has 0 N–H and O–H groups in total. The molecule has 0 saturated heterocycles. The number of hydrogen-bond acceptors (Lipinski definition) is 7. The molecule has 0 amide bonds. The first-order valence-corrected chi connectivity index (χ1v) is 24.3. The Hall–Kier alpha value is -1.54. The highest BCUT2D eigenvalue weighted by atomic mass is 31.2. The Morgan fingerprint density at radius 1 is 0.571 bits per heavy atom. The van der Waals surface area contributed by atoms with Crippen LogP contribution in [0.15, 0.2) is 48.6 Å². The summed E-state index contributed by atoms with van der Waals surface area (Å²) in [7, 11) is 1.35. The Balaban J connectivity index is 4.21. The van der Waals surface area contributed by atoms with Crippen LogP contribution in [-0.2, 0) is 27.9 Å². The van der Waals surface area contributed by atoms with Crippen LogP contribution in [0.4, 0.5) is 0 Å². The topological polar surface area (TPSA) is 94.1 Å². The molecule has 0 aromatic heterocycles. The zero-order valence-corrected chi connectivity index (χ0v) is 38.0. The lowest BCUT2D eigenvalue weighted by Crippen LogP contribution is -2.37. The molecule has 0 aliphatic rings. The molecular formula is C47H88NO7P. The number of ether oxygens (including phenoxy) is 2. The first-order chi connectivity index (χ1) is 27.1.